The van der Waals surface area contributed by atoms with Gasteiger partial charge in [0.05, 0.1) is 27.7 Å². The van der Waals surface area contributed by atoms with Crippen molar-refractivity contribution in [3.63, 3.8) is 0 Å². The smallest absolute Gasteiger partial charge is 0.462 e. The van der Waals surface area contributed by atoms with Gasteiger partial charge in [-0.1, -0.05) is 289 Å². The van der Waals surface area contributed by atoms with Gasteiger partial charge in [-0.05, 0) is 103 Å². The Kier molecular flexibility index (Phi) is 61.2. The number of quaternary nitrogens is 1. The summed E-state index contributed by atoms with van der Waals surface area (Å²) in [4.78, 5) is 35.9. The van der Waals surface area contributed by atoms with Crippen molar-refractivity contribution < 1.29 is 42.1 Å². The fourth-order valence-corrected chi connectivity index (χ4v) is 10.0. The third-order valence-electron chi connectivity index (χ3n) is 14.5. The average Bonchev–Trinajstić information content (AvgIpc) is 3.61. The van der Waals surface area contributed by atoms with Gasteiger partial charge in [0.25, 0.3) is 0 Å². The molecule has 10 heteroatoms. The molecule has 0 aliphatic rings. The molecule has 0 amide bonds. The molecule has 0 aromatic carbocycles. The van der Waals surface area contributed by atoms with Gasteiger partial charge >= 0.3 is 19.8 Å². The quantitative estimate of drug-likeness (QED) is 0.0211. The number of ether oxygens (including phenoxy) is 2. The van der Waals surface area contributed by atoms with Gasteiger partial charge in [0.2, 0.25) is 0 Å². The highest BCUT2D eigenvalue weighted by Gasteiger charge is 2.27. The second-order valence-corrected chi connectivity index (χ2v) is 25.3. The lowest BCUT2D eigenvalue weighted by atomic mass is 10.0. The topological polar surface area (TPSA) is 108 Å². The number of likely N-dealkylation sites (N-methyl/N-ethyl adjacent to an activating group) is 1. The maximum Gasteiger partial charge on any atom is 0.472 e. The van der Waals surface area contributed by atoms with Crippen molar-refractivity contribution in [3.05, 3.63) is 122 Å². The molecule has 482 valence electrons. The van der Waals surface area contributed by atoms with Gasteiger partial charge in [0.15, 0.2) is 6.10 Å². The summed E-state index contributed by atoms with van der Waals surface area (Å²) in [6.07, 6.45) is 91.5. The molecule has 0 rings (SSSR count). The lowest BCUT2D eigenvalue weighted by molar-refractivity contribution is -0.870. The van der Waals surface area contributed by atoms with E-state index < -0.39 is 26.5 Å². The number of esters is 2. The number of carbonyl (C=O) groups is 2. The summed E-state index contributed by atoms with van der Waals surface area (Å²) in [5.74, 6) is -0.798. The van der Waals surface area contributed by atoms with Crippen molar-refractivity contribution >= 4 is 19.8 Å². The minimum Gasteiger partial charge on any atom is -0.462 e. The molecular formula is C74H129NO8P+. The Labute approximate surface area is 518 Å². The molecule has 0 saturated carbocycles. The second-order valence-electron chi connectivity index (χ2n) is 23.8. The fourth-order valence-electron chi connectivity index (χ4n) is 9.31. The molecule has 0 saturated heterocycles. The van der Waals surface area contributed by atoms with E-state index in [0.29, 0.717) is 17.4 Å². The number of phosphoric acid groups is 1. The molecule has 0 aromatic rings. The van der Waals surface area contributed by atoms with Gasteiger partial charge in [0.1, 0.15) is 19.8 Å². The van der Waals surface area contributed by atoms with Crippen LogP contribution in [-0.4, -0.2) is 74.9 Å². The standard InChI is InChI=1S/C74H128NO8P/c1-6-8-10-12-14-16-18-20-22-24-26-28-30-32-34-35-36-37-38-39-41-43-45-47-49-51-53-55-57-59-61-63-65-67-74(77)83-72(71-82-84(78,79)81-69-68-75(3,4)5)70-80-73(76)66-64-62-60-58-56-54-52-50-48-46-44-42-40-33-31-29-27-25-23-21-19-17-15-13-11-9-7-2/h8-11,14-17,20-23,26-29,32-34,40,72H,6-7,12-13,18-19,24-25,30-31,35-39,41-71H2,1-5H3/p+1/b10-8-,11-9-,16-14-,17-15-,22-20-,23-21-,28-26-,29-27-,34-32-,40-33-. The van der Waals surface area contributed by atoms with Crippen molar-refractivity contribution in [3.8, 4) is 0 Å². The molecule has 2 atom stereocenters. The monoisotopic (exact) mass is 1190 g/mol. The molecule has 2 unspecified atom stereocenters. The highest BCUT2D eigenvalue weighted by Crippen LogP contribution is 2.43. The van der Waals surface area contributed by atoms with Crippen molar-refractivity contribution in [2.24, 2.45) is 0 Å². The predicted octanol–water partition coefficient (Wildman–Crippen LogP) is 22.3. The van der Waals surface area contributed by atoms with Crippen molar-refractivity contribution in [1.29, 1.82) is 0 Å². The molecule has 0 aromatic heterocycles. The first-order chi connectivity index (χ1) is 41.0. The first-order valence-corrected chi connectivity index (χ1v) is 35.8. The van der Waals surface area contributed by atoms with E-state index in [1.807, 2.05) is 21.1 Å². The molecule has 9 nitrogen and oxygen atoms in total. The second kappa shape index (κ2) is 63.9. The Bertz CT molecular complexity index is 1830. The van der Waals surface area contributed by atoms with Gasteiger partial charge in [0, 0.05) is 12.8 Å². The van der Waals surface area contributed by atoms with Gasteiger partial charge in [-0.25, -0.2) is 4.57 Å². The Hall–Kier alpha value is -3.59. The van der Waals surface area contributed by atoms with Crippen LogP contribution in [0.5, 0.6) is 0 Å². The Balaban J connectivity index is 4.07. The fraction of sp³-hybridized carbons (Fsp3) is 0.703. The lowest BCUT2D eigenvalue weighted by Crippen LogP contribution is -2.37. The van der Waals surface area contributed by atoms with E-state index in [1.54, 1.807) is 0 Å². The third kappa shape index (κ3) is 67.5. The van der Waals surface area contributed by atoms with E-state index in [1.165, 1.54) is 148 Å². The Morgan fingerprint density at radius 1 is 0.369 bits per heavy atom. The number of carbonyl (C=O) groups excluding carboxylic acids is 2. The molecule has 1 N–H and O–H groups in total. The van der Waals surface area contributed by atoms with Crippen LogP contribution in [-0.2, 0) is 32.7 Å². The molecule has 0 bridgehead atoms. The molecule has 0 aliphatic heterocycles. The van der Waals surface area contributed by atoms with Crippen LogP contribution in [0.3, 0.4) is 0 Å². The van der Waals surface area contributed by atoms with E-state index >= 15 is 0 Å². The van der Waals surface area contributed by atoms with E-state index in [9.17, 15) is 19.0 Å². The number of nitrogens with zero attached hydrogens (tertiary/aromatic N) is 1. The van der Waals surface area contributed by atoms with E-state index in [2.05, 4.69) is 135 Å². The van der Waals surface area contributed by atoms with Gasteiger partial charge in [-0.15, -0.1) is 0 Å². The normalized spacial score (nSPS) is 13.9. The SMILES string of the molecule is CC/C=C\C/C=C\C/C=C\C/C=C\C/C=C\CCCCCCCCCCCCCCCCCCCC(=O)OC(COC(=O)CCCCCCCCCCCCC/C=C\C/C=C\C/C=C\C/C=C\C/C=C\CC)COP(=O)(O)OCC[N+](C)(C)C. The van der Waals surface area contributed by atoms with Crippen LogP contribution >= 0.6 is 7.82 Å². The van der Waals surface area contributed by atoms with Gasteiger partial charge in [-0.2, -0.15) is 0 Å². The van der Waals surface area contributed by atoms with Crippen LogP contribution in [0.1, 0.15) is 284 Å². The number of hydrogen-bond acceptors (Lipinski definition) is 7. The van der Waals surface area contributed by atoms with Crippen LogP contribution in [0.2, 0.25) is 0 Å². The van der Waals surface area contributed by atoms with Crippen molar-refractivity contribution in [2.75, 3.05) is 47.5 Å². The van der Waals surface area contributed by atoms with Crippen molar-refractivity contribution in [2.45, 2.75) is 290 Å². The number of unbranched alkanes of at least 4 members (excludes halogenated alkanes) is 28. The molecule has 0 aliphatic carbocycles. The number of rotatable bonds is 62. The first kappa shape index (κ1) is 80.4. The van der Waals surface area contributed by atoms with Gasteiger partial charge in [-0.3, -0.25) is 18.6 Å². The predicted molar refractivity (Wildman–Crippen MR) is 362 cm³/mol. The third-order valence-corrected chi connectivity index (χ3v) is 15.5. The van der Waals surface area contributed by atoms with Crippen LogP contribution in [0.25, 0.3) is 0 Å². The largest absolute Gasteiger partial charge is 0.472 e. The Morgan fingerprint density at radius 3 is 0.952 bits per heavy atom. The molecule has 84 heavy (non-hydrogen) atoms. The number of hydrogen-bond donors (Lipinski definition) is 1. The minimum atomic E-state index is -4.40. The zero-order valence-corrected chi connectivity index (χ0v) is 55.7. The summed E-state index contributed by atoms with van der Waals surface area (Å²) >= 11 is 0. The molecule has 0 spiro atoms. The zero-order valence-electron chi connectivity index (χ0n) is 54.9. The average molecular weight is 1190 g/mol. The Morgan fingerprint density at radius 2 is 0.643 bits per heavy atom. The highest BCUT2D eigenvalue weighted by molar-refractivity contribution is 7.47. The summed E-state index contributed by atoms with van der Waals surface area (Å²) < 4.78 is 34.7. The number of allylic oxidation sites excluding steroid dienone is 20. The minimum absolute atomic E-state index is 0.0273. The van der Waals surface area contributed by atoms with Crippen LogP contribution in [0, 0.1) is 0 Å². The van der Waals surface area contributed by atoms with Crippen LogP contribution in [0.15, 0.2) is 122 Å². The van der Waals surface area contributed by atoms with E-state index in [4.69, 9.17) is 18.5 Å². The maximum absolute atomic E-state index is 12.9. The molecule has 0 fully saturated rings. The number of phosphoric ester groups is 1. The summed E-state index contributed by atoms with van der Waals surface area (Å²) in [6, 6.07) is 0. The molecule has 0 radical (unpaired) electrons. The summed E-state index contributed by atoms with van der Waals surface area (Å²) in [6.45, 7) is 4.22. The van der Waals surface area contributed by atoms with Crippen molar-refractivity contribution in [1.82, 2.24) is 0 Å². The summed E-state index contributed by atoms with van der Waals surface area (Å²) in [5.41, 5.74) is 0. The summed E-state index contributed by atoms with van der Waals surface area (Å²) in [5, 5.41) is 0. The van der Waals surface area contributed by atoms with Crippen LogP contribution < -0.4 is 0 Å². The molecular weight excluding hydrogens is 1060 g/mol. The van der Waals surface area contributed by atoms with E-state index in [-0.39, 0.29) is 32.0 Å². The van der Waals surface area contributed by atoms with Crippen LogP contribution in [0.4, 0.5) is 0 Å². The lowest BCUT2D eigenvalue weighted by Gasteiger charge is -2.24. The zero-order chi connectivity index (χ0) is 61.2. The highest BCUT2D eigenvalue weighted by atomic mass is 31.2. The summed E-state index contributed by atoms with van der Waals surface area (Å²) in [7, 11) is 1.47. The van der Waals surface area contributed by atoms with E-state index in [0.717, 1.165) is 103 Å². The maximum atomic E-state index is 12.9. The first-order valence-electron chi connectivity index (χ1n) is 34.3. The van der Waals surface area contributed by atoms with Gasteiger partial charge < -0.3 is 18.9 Å². The molecule has 0 heterocycles.